The molecule has 1 heterocycles. The van der Waals surface area contributed by atoms with Gasteiger partial charge in [0, 0.05) is 24.2 Å². The molecule has 0 aliphatic rings. The summed E-state index contributed by atoms with van der Waals surface area (Å²) < 4.78 is 44.7. The first-order chi connectivity index (χ1) is 10.2. The molecule has 0 unspecified atom stereocenters. The van der Waals surface area contributed by atoms with E-state index in [-0.39, 0.29) is 23.9 Å². The van der Waals surface area contributed by atoms with Crippen molar-refractivity contribution in [1.29, 1.82) is 0 Å². The molecule has 8 heteroatoms. The van der Waals surface area contributed by atoms with Crippen LogP contribution in [0.25, 0.3) is 10.9 Å². The van der Waals surface area contributed by atoms with Crippen LogP contribution in [0, 0.1) is 0 Å². The molecule has 0 amide bonds. The van der Waals surface area contributed by atoms with Gasteiger partial charge < -0.3 is 9.30 Å². The summed E-state index contributed by atoms with van der Waals surface area (Å²) in [6.07, 6.45) is -3.33. The Balaban J connectivity index is 2.61. The molecular formula is C14H11ClF3NO3. The Morgan fingerprint density at radius 1 is 1.36 bits per heavy atom. The molecule has 0 saturated heterocycles. The number of fused-ring (bicyclic) bond motifs is 1. The number of aromatic nitrogens is 1. The summed E-state index contributed by atoms with van der Waals surface area (Å²) in [5.41, 5.74) is -1.41. The van der Waals surface area contributed by atoms with Crippen LogP contribution in [0.15, 0.2) is 29.2 Å². The van der Waals surface area contributed by atoms with Crippen LogP contribution >= 0.6 is 11.6 Å². The van der Waals surface area contributed by atoms with Gasteiger partial charge in [-0.2, -0.15) is 13.2 Å². The fourth-order valence-corrected chi connectivity index (χ4v) is 2.32. The van der Waals surface area contributed by atoms with E-state index >= 15 is 0 Å². The molecule has 1 aromatic carbocycles. The molecule has 4 nitrogen and oxygen atoms in total. The number of carbonyl (C=O) groups is 1. The third kappa shape index (κ3) is 3.24. The van der Waals surface area contributed by atoms with Crippen LogP contribution in [0.1, 0.15) is 12.0 Å². The van der Waals surface area contributed by atoms with Crippen LogP contribution in [0.3, 0.4) is 0 Å². The van der Waals surface area contributed by atoms with Gasteiger partial charge in [0.2, 0.25) is 0 Å². The van der Waals surface area contributed by atoms with Crippen LogP contribution in [0.5, 0.6) is 0 Å². The Labute approximate surface area is 128 Å². The van der Waals surface area contributed by atoms with Crippen molar-refractivity contribution in [2.45, 2.75) is 19.1 Å². The van der Waals surface area contributed by atoms with Crippen LogP contribution in [0.4, 0.5) is 13.2 Å². The average Bonchev–Trinajstić information content (AvgIpc) is 2.45. The van der Waals surface area contributed by atoms with E-state index in [4.69, 9.17) is 11.6 Å². The molecule has 22 heavy (non-hydrogen) atoms. The smallest absolute Gasteiger partial charge is 0.417 e. The van der Waals surface area contributed by atoms with Crippen molar-refractivity contribution in [2.75, 3.05) is 7.11 Å². The van der Waals surface area contributed by atoms with Crippen molar-refractivity contribution in [2.24, 2.45) is 0 Å². The number of hydrogen-bond acceptors (Lipinski definition) is 3. The highest BCUT2D eigenvalue weighted by Crippen LogP contribution is 2.36. The van der Waals surface area contributed by atoms with Crippen molar-refractivity contribution < 1.29 is 22.7 Å². The molecule has 2 rings (SSSR count). The quantitative estimate of drug-likeness (QED) is 0.810. The van der Waals surface area contributed by atoms with Crippen molar-refractivity contribution in [3.05, 3.63) is 45.2 Å². The van der Waals surface area contributed by atoms with Gasteiger partial charge in [0.25, 0.3) is 0 Å². The molecule has 0 fully saturated rings. The number of methoxy groups -OCH3 is 1. The normalized spacial score (nSPS) is 11.7. The zero-order valence-corrected chi connectivity index (χ0v) is 12.2. The first-order valence-electron chi connectivity index (χ1n) is 6.20. The molecule has 0 spiro atoms. The van der Waals surface area contributed by atoms with Gasteiger partial charge in [-0.05, 0) is 12.1 Å². The number of ether oxygens (including phenoxy) is 1. The van der Waals surface area contributed by atoms with Gasteiger partial charge in [0.15, 0.2) is 5.43 Å². The molecule has 1 aromatic heterocycles. The topological polar surface area (TPSA) is 48.3 Å². The number of nitrogens with zero attached hydrogens (tertiary/aromatic N) is 1. The van der Waals surface area contributed by atoms with Gasteiger partial charge in [-0.15, -0.1) is 0 Å². The van der Waals surface area contributed by atoms with Crippen molar-refractivity contribution in [3.8, 4) is 0 Å². The number of carbonyl (C=O) groups excluding carboxylic acids is 1. The number of alkyl halides is 3. The van der Waals surface area contributed by atoms with Crippen LogP contribution in [-0.2, 0) is 22.3 Å². The first kappa shape index (κ1) is 16.4. The molecule has 0 bridgehead atoms. The fourth-order valence-electron chi connectivity index (χ4n) is 2.05. The maximum absolute atomic E-state index is 12.9. The van der Waals surface area contributed by atoms with E-state index in [0.717, 1.165) is 12.1 Å². The summed E-state index contributed by atoms with van der Waals surface area (Å²) in [5, 5.41) is -0.479. The second kappa shape index (κ2) is 6.00. The number of pyridine rings is 1. The van der Waals surface area contributed by atoms with E-state index in [2.05, 4.69) is 4.74 Å². The molecule has 118 valence electrons. The fraction of sp³-hybridized carbons (Fsp3) is 0.286. The minimum atomic E-state index is -4.63. The maximum Gasteiger partial charge on any atom is 0.417 e. The van der Waals surface area contributed by atoms with Gasteiger partial charge in [0.1, 0.15) is 0 Å². The van der Waals surface area contributed by atoms with Gasteiger partial charge in [-0.25, -0.2) is 0 Å². The second-order valence-electron chi connectivity index (χ2n) is 4.55. The maximum atomic E-state index is 12.9. The number of benzene rings is 1. The first-order valence-corrected chi connectivity index (χ1v) is 6.58. The molecule has 0 N–H and O–H groups in total. The van der Waals surface area contributed by atoms with Gasteiger partial charge >= 0.3 is 12.1 Å². The van der Waals surface area contributed by atoms with Gasteiger partial charge in [-0.3, -0.25) is 9.59 Å². The van der Waals surface area contributed by atoms with Crippen molar-refractivity contribution >= 4 is 28.5 Å². The number of rotatable bonds is 3. The molecule has 0 saturated carbocycles. The zero-order valence-electron chi connectivity index (χ0n) is 11.4. The van der Waals surface area contributed by atoms with E-state index in [1.54, 1.807) is 0 Å². The second-order valence-corrected chi connectivity index (χ2v) is 4.95. The molecule has 0 aliphatic heterocycles. The standard InChI is InChI=1S/C14H11ClF3NO3/c1-22-13(21)3-5-19-4-2-12(20)8-6-10(15)9(7-11(8)19)14(16,17)18/h2,4,6-7H,3,5H2,1H3. The van der Waals surface area contributed by atoms with Crippen molar-refractivity contribution in [3.63, 3.8) is 0 Å². The summed E-state index contributed by atoms with van der Waals surface area (Å²) in [6, 6.07) is 3.02. The summed E-state index contributed by atoms with van der Waals surface area (Å²) in [7, 11) is 1.22. The van der Waals surface area contributed by atoms with E-state index in [0.29, 0.717) is 0 Å². The lowest BCUT2D eigenvalue weighted by atomic mass is 10.1. The van der Waals surface area contributed by atoms with Gasteiger partial charge in [-0.1, -0.05) is 11.6 Å². The van der Waals surface area contributed by atoms with E-state index < -0.39 is 28.2 Å². The minimum Gasteiger partial charge on any atom is -0.469 e. The lowest BCUT2D eigenvalue weighted by Gasteiger charge is -2.14. The predicted molar refractivity (Wildman–Crippen MR) is 74.9 cm³/mol. The number of halogens is 4. The highest BCUT2D eigenvalue weighted by atomic mass is 35.5. The Morgan fingerprint density at radius 2 is 2.05 bits per heavy atom. The van der Waals surface area contributed by atoms with Crippen LogP contribution in [-0.4, -0.2) is 17.6 Å². The number of aryl methyl sites for hydroxylation is 1. The van der Waals surface area contributed by atoms with E-state index in [1.165, 1.54) is 23.9 Å². The number of esters is 1. The highest BCUT2D eigenvalue weighted by Gasteiger charge is 2.33. The van der Waals surface area contributed by atoms with E-state index in [9.17, 15) is 22.8 Å². The van der Waals surface area contributed by atoms with Crippen LogP contribution in [0.2, 0.25) is 5.02 Å². The molecule has 0 atom stereocenters. The SMILES string of the molecule is COC(=O)CCn1ccc(=O)c2cc(Cl)c(C(F)(F)F)cc21. The summed E-state index contributed by atoms with van der Waals surface area (Å²) in [4.78, 5) is 23.0. The summed E-state index contributed by atoms with van der Waals surface area (Å²) in [5.74, 6) is -0.503. The largest absolute Gasteiger partial charge is 0.469 e. The third-order valence-electron chi connectivity index (χ3n) is 3.16. The lowest BCUT2D eigenvalue weighted by molar-refractivity contribution is -0.141. The summed E-state index contributed by atoms with van der Waals surface area (Å²) >= 11 is 5.62. The van der Waals surface area contributed by atoms with E-state index in [1.807, 2.05) is 0 Å². The zero-order chi connectivity index (χ0) is 16.5. The minimum absolute atomic E-state index is 0.0293. The number of hydrogen-bond donors (Lipinski definition) is 0. The van der Waals surface area contributed by atoms with Gasteiger partial charge in [0.05, 0.1) is 29.6 Å². The Hall–Kier alpha value is -2.02. The third-order valence-corrected chi connectivity index (χ3v) is 3.47. The Bertz CT molecular complexity index is 783. The Kier molecular flexibility index (Phi) is 4.46. The average molecular weight is 334 g/mol. The highest BCUT2D eigenvalue weighted by molar-refractivity contribution is 6.32. The monoisotopic (exact) mass is 333 g/mol. The predicted octanol–water partition coefficient (Wildman–Crippen LogP) is 3.24. The summed E-state index contributed by atoms with van der Waals surface area (Å²) in [6.45, 7) is 0.0857. The lowest BCUT2D eigenvalue weighted by Crippen LogP contribution is -2.13. The molecular weight excluding hydrogens is 323 g/mol. The molecule has 0 radical (unpaired) electrons. The Morgan fingerprint density at radius 3 is 2.64 bits per heavy atom. The van der Waals surface area contributed by atoms with Crippen molar-refractivity contribution in [1.82, 2.24) is 4.57 Å². The molecule has 2 aromatic rings. The molecule has 0 aliphatic carbocycles. The van der Waals surface area contributed by atoms with Crippen LogP contribution < -0.4 is 5.43 Å².